The van der Waals surface area contributed by atoms with Crippen molar-refractivity contribution in [3.05, 3.63) is 70.2 Å². The molecule has 1 unspecified atom stereocenters. The Hall–Kier alpha value is -1.31. The van der Waals surface area contributed by atoms with Gasteiger partial charge in [0, 0.05) is 5.02 Å². The van der Waals surface area contributed by atoms with E-state index in [1.807, 2.05) is 43.3 Å². The minimum Gasteiger partial charge on any atom is -0.388 e. The molecule has 0 radical (unpaired) electrons. The van der Waals surface area contributed by atoms with Crippen LogP contribution in [0, 0.1) is 6.92 Å². The maximum atomic E-state index is 10.2. The number of aliphatic hydroxyl groups is 1. The van der Waals surface area contributed by atoms with Crippen molar-refractivity contribution in [3.8, 4) is 0 Å². The molecule has 94 valence electrons. The highest BCUT2D eigenvalue weighted by Crippen LogP contribution is 2.28. The summed E-state index contributed by atoms with van der Waals surface area (Å²) in [4.78, 5) is 0. The van der Waals surface area contributed by atoms with Crippen LogP contribution in [0.5, 0.6) is 0 Å². The van der Waals surface area contributed by atoms with Gasteiger partial charge >= 0.3 is 0 Å². The largest absolute Gasteiger partial charge is 0.388 e. The fourth-order valence-electron chi connectivity index (χ4n) is 2.03. The number of hydrogen-bond donors (Lipinski definition) is 1. The first-order chi connectivity index (χ1) is 8.68. The fourth-order valence-corrected chi connectivity index (χ4v) is 2.28. The summed E-state index contributed by atoms with van der Waals surface area (Å²) in [6.45, 7) is 1.95. The van der Waals surface area contributed by atoms with Gasteiger partial charge in [-0.1, -0.05) is 60.1 Å². The van der Waals surface area contributed by atoms with Gasteiger partial charge in [-0.05, 0) is 36.5 Å². The molecule has 0 saturated carbocycles. The molecule has 2 aromatic carbocycles. The van der Waals surface area contributed by atoms with Crippen LogP contribution in [0.25, 0.3) is 0 Å². The topological polar surface area (TPSA) is 20.2 Å². The van der Waals surface area contributed by atoms with Crippen molar-refractivity contribution in [3.63, 3.8) is 0 Å². The third kappa shape index (κ3) is 3.12. The lowest BCUT2D eigenvalue weighted by molar-refractivity contribution is 0.168. The van der Waals surface area contributed by atoms with E-state index in [-0.39, 0.29) is 0 Å². The second-order valence-corrected chi connectivity index (χ2v) is 4.90. The lowest BCUT2D eigenvalue weighted by Crippen LogP contribution is -2.01. The van der Waals surface area contributed by atoms with E-state index < -0.39 is 6.10 Å². The normalized spacial score (nSPS) is 12.4. The van der Waals surface area contributed by atoms with Crippen molar-refractivity contribution < 1.29 is 5.11 Å². The number of halogens is 1. The van der Waals surface area contributed by atoms with E-state index in [1.165, 1.54) is 5.56 Å². The Labute approximate surface area is 113 Å². The molecule has 0 saturated heterocycles. The summed E-state index contributed by atoms with van der Waals surface area (Å²) in [5.41, 5.74) is 3.07. The van der Waals surface area contributed by atoms with Crippen molar-refractivity contribution in [1.82, 2.24) is 0 Å². The Kier molecular flexibility index (Phi) is 4.40. The zero-order valence-corrected chi connectivity index (χ0v) is 11.2. The summed E-state index contributed by atoms with van der Waals surface area (Å²) in [5, 5.41) is 10.9. The fraction of sp³-hybridized carbons (Fsp3) is 0.250. The molecule has 0 heterocycles. The van der Waals surface area contributed by atoms with E-state index in [4.69, 9.17) is 11.6 Å². The highest BCUT2D eigenvalue weighted by atomic mass is 35.5. The van der Waals surface area contributed by atoms with Gasteiger partial charge in [-0.15, -0.1) is 0 Å². The van der Waals surface area contributed by atoms with Crippen LogP contribution in [0.2, 0.25) is 5.02 Å². The molecular weight excluding hydrogens is 244 g/mol. The standard InChI is InChI=1S/C16H17ClO/c1-12-6-5-9-14(16(12)17)15(18)11-10-13-7-3-2-4-8-13/h2-9,15,18H,10-11H2,1H3. The van der Waals surface area contributed by atoms with Crippen LogP contribution in [0.1, 0.15) is 29.2 Å². The second kappa shape index (κ2) is 6.03. The van der Waals surface area contributed by atoms with Crippen molar-refractivity contribution in [2.75, 3.05) is 0 Å². The molecular formula is C16H17ClO. The molecule has 0 bridgehead atoms. The van der Waals surface area contributed by atoms with Crippen LogP contribution >= 0.6 is 11.6 Å². The van der Waals surface area contributed by atoms with Crippen molar-refractivity contribution in [2.24, 2.45) is 0 Å². The number of rotatable bonds is 4. The Bertz CT molecular complexity index is 508. The summed E-state index contributed by atoms with van der Waals surface area (Å²) >= 11 is 6.21. The molecule has 0 aromatic heterocycles. The summed E-state index contributed by atoms with van der Waals surface area (Å²) in [7, 11) is 0. The van der Waals surface area contributed by atoms with E-state index in [0.717, 1.165) is 17.5 Å². The maximum absolute atomic E-state index is 10.2. The Morgan fingerprint density at radius 1 is 1.06 bits per heavy atom. The van der Waals surface area contributed by atoms with Gasteiger partial charge in [0.1, 0.15) is 0 Å². The minimum absolute atomic E-state index is 0.502. The van der Waals surface area contributed by atoms with Gasteiger partial charge in [-0.3, -0.25) is 0 Å². The van der Waals surface area contributed by atoms with Gasteiger partial charge in [0.2, 0.25) is 0 Å². The van der Waals surface area contributed by atoms with Crippen LogP contribution in [0.3, 0.4) is 0 Å². The molecule has 1 nitrogen and oxygen atoms in total. The average Bonchev–Trinajstić information content (AvgIpc) is 2.40. The maximum Gasteiger partial charge on any atom is 0.0807 e. The lowest BCUT2D eigenvalue weighted by Gasteiger charge is -2.14. The zero-order valence-electron chi connectivity index (χ0n) is 10.4. The van der Waals surface area contributed by atoms with Crippen molar-refractivity contribution in [1.29, 1.82) is 0 Å². The predicted octanol–water partition coefficient (Wildman–Crippen LogP) is 4.31. The van der Waals surface area contributed by atoms with E-state index in [2.05, 4.69) is 12.1 Å². The third-order valence-corrected chi connectivity index (χ3v) is 3.65. The van der Waals surface area contributed by atoms with Gasteiger partial charge < -0.3 is 5.11 Å². The van der Waals surface area contributed by atoms with Gasteiger partial charge in [0.25, 0.3) is 0 Å². The summed E-state index contributed by atoms with van der Waals surface area (Å²) in [6.07, 6.45) is 1.04. The van der Waals surface area contributed by atoms with Crippen molar-refractivity contribution >= 4 is 11.6 Å². The van der Waals surface area contributed by atoms with Crippen LogP contribution in [0.15, 0.2) is 48.5 Å². The van der Waals surface area contributed by atoms with Crippen LogP contribution in [-0.2, 0) is 6.42 Å². The SMILES string of the molecule is Cc1cccc(C(O)CCc2ccccc2)c1Cl. The number of hydrogen-bond acceptors (Lipinski definition) is 1. The Morgan fingerprint density at radius 3 is 2.50 bits per heavy atom. The van der Waals surface area contributed by atoms with E-state index >= 15 is 0 Å². The molecule has 0 amide bonds. The van der Waals surface area contributed by atoms with E-state index in [0.29, 0.717) is 11.4 Å². The molecule has 0 aliphatic carbocycles. The van der Waals surface area contributed by atoms with Gasteiger partial charge in [0.05, 0.1) is 6.10 Å². The van der Waals surface area contributed by atoms with Crippen LogP contribution in [0.4, 0.5) is 0 Å². The van der Waals surface area contributed by atoms with Crippen molar-refractivity contribution in [2.45, 2.75) is 25.9 Å². The highest BCUT2D eigenvalue weighted by Gasteiger charge is 2.12. The molecule has 1 atom stereocenters. The first-order valence-electron chi connectivity index (χ1n) is 6.15. The van der Waals surface area contributed by atoms with Gasteiger partial charge in [0.15, 0.2) is 0 Å². The average molecular weight is 261 g/mol. The Balaban J connectivity index is 2.04. The molecule has 18 heavy (non-hydrogen) atoms. The zero-order chi connectivity index (χ0) is 13.0. The molecule has 0 fully saturated rings. The quantitative estimate of drug-likeness (QED) is 0.868. The number of aliphatic hydroxyl groups excluding tert-OH is 1. The summed E-state index contributed by atoms with van der Waals surface area (Å²) in [5.74, 6) is 0. The number of aryl methyl sites for hydroxylation is 2. The van der Waals surface area contributed by atoms with E-state index in [1.54, 1.807) is 0 Å². The van der Waals surface area contributed by atoms with E-state index in [9.17, 15) is 5.11 Å². The highest BCUT2D eigenvalue weighted by molar-refractivity contribution is 6.32. The first kappa shape index (κ1) is 13.1. The van der Waals surface area contributed by atoms with Crippen LogP contribution < -0.4 is 0 Å². The monoisotopic (exact) mass is 260 g/mol. The first-order valence-corrected chi connectivity index (χ1v) is 6.53. The molecule has 1 N–H and O–H groups in total. The number of benzene rings is 2. The molecule has 0 aliphatic rings. The molecule has 2 aromatic rings. The summed E-state index contributed by atoms with van der Waals surface area (Å²) < 4.78 is 0. The predicted molar refractivity (Wildman–Crippen MR) is 75.9 cm³/mol. The van der Waals surface area contributed by atoms with Gasteiger partial charge in [-0.2, -0.15) is 0 Å². The summed E-state index contributed by atoms with van der Waals surface area (Å²) in [6, 6.07) is 16.0. The molecule has 2 rings (SSSR count). The second-order valence-electron chi connectivity index (χ2n) is 4.52. The Morgan fingerprint density at radius 2 is 1.78 bits per heavy atom. The lowest BCUT2D eigenvalue weighted by atomic mass is 10.00. The minimum atomic E-state index is -0.502. The molecule has 0 aliphatic heterocycles. The van der Waals surface area contributed by atoms with Gasteiger partial charge in [-0.25, -0.2) is 0 Å². The smallest absolute Gasteiger partial charge is 0.0807 e. The third-order valence-electron chi connectivity index (χ3n) is 3.13. The molecule has 2 heteroatoms. The molecule has 0 spiro atoms. The van der Waals surface area contributed by atoms with Crippen LogP contribution in [-0.4, -0.2) is 5.11 Å².